The Morgan fingerprint density at radius 1 is 1.42 bits per heavy atom. The summed E-state index contributed by atoms with van der Waals surface area (Å²) in [6, 6.07) is 6.84. The molecule has 1 aromatic rings. The van der Waals surface area contributed by atoms with E-state index in [0.717, 1.165) is 12.0 Å². The Morgan fingerprint density at radius 2 is 2.12 bits per heavy atom. The molecule has 0 amide bonds. The fourth-order valence-corrected chi connectivity index (χ4v) is 3.01. The van der Waals surface area contributed by atoms with Gasteiger partial charge in [-0.3, -0.25) is 0 Å². The van der Waals surface area contributed by atoms with Crippen molar-refractivity contribution in [2.75, 3.05) is 7.05 Å². The van der Waals surface area contributed by atoms with Crippen molar-refractivity contribution in [3.8, 4) is 18.0 Å². The van der Waals surface area contributed by atoms with E-state index in [1.54, 1.807) is 18.2 Å². The molecule has 0 spiro atoms. The molecule has 2 atom stereocenters. The highest BCUT2D eigenvalue weighted by molar-refractivity contribution is 5.83. The lowest BCUT2D eigenvalue weighted by Gasteiger charge is -2.46. The van der Waals surface area contributed by atoms with Gasteiger partial charge in [0.25, 0.3) is 0 Å². The number of rotatable bonds is 3. The van der Waals surface area contributed by atoms with E-state index in [1.165, 1.54) is 0 Å². The van der Waals surface area contributed by atoms with Crippen LogP contribution in [0.15, 0.2) is 23.2 Å². The van der Waals surface area contributed by atoms with Gasteiger partial charge in [-0.2, -0.15) is 15.5 Å². The van der Waals surface area contributed by atoms with Crippen LogP contribution in [-0.2, 0) is 0 Å². The molecule has 6 heteroatoms. The summed E-state index contributed by atoms with van der Waals surface area (Å²) in [4.78, 5) is 5.74. The number of likely N-dealkylation sites (N-methyl/N-ethyl adjacent to an activating group) is 1. The largest absolute Gasteiger partial charge is 0.485 e. The average molecular weight is 326 g/mol. The lowest BCUT2D eigenvalue weighted by Crippen LogP contribution is -2.53. The van der Waals surface area contributed by atoms with Crippen LogP contribution < -0.4 is 4.74 Å². The van der Waals surface area contributed by atoms with Crippen molar-refractivity contribution in [3.63, 3.8) is 0 Å². The maximum atomic E-state index is 10.9. The molecule has 0 bridgehead atoms. The molecule has 24 heavy (non-hydrogen) atoms. The first kappa shape index (κ1) is 17.8. The van der Waals surface area contributed by atoms with Gasteiger partial charge in [0, 0.05) is 19.0 Å². The molecule has 1 aliphatic rings. The van der Waals surface area contributed by atoms with Crippen LogP contribution in [0.4, 0.5) is 0 Å². The van der Waals surface area contributed by atoms with Gasteiger partial charge < -0.3 is 14.7 Å². The van der Waals surface area contributed by atoms with Gasteiger partial charge in [-0.25, -0.2) is 0 Å². The van der Waals surface area contributed by atoms with E-state index in [9.17, 15) is 10.4 Å². The molecular formula is C18H22N4O2. The van der Waals surface area contributed by atoms with E-state index >= 15 is 0 Å². The zero-order valence-corrected chi connectivity index (χ0v) is 14.4. The first-order valence-corrected chi connectivity index (χ1v) is 7.95. The van der Waals surface area contributed by atoms with E-state index in [1.807, 2.05) is 38.9 Å². The second kappa shape index (κ2) is 6.90. The predicted octanol–water partition coefficient (Wildman–Crippen LogP) is 2.74. The molecule has 126 valence electrons. The van der Waals surface area contributed by atoms with Crippen LogP contribution in [0.3, 0.4) is 0 Å². The first-order valence-electron chi connectivity index (χ1n) is 7.95. The SMILES string of the molecule is CCCC(=NC#N)N(C)[C@@H]1c2cc(C#N)ccc2OC(C)(C)[C@H]1O. The van der Waals surface area contributed by atoms with Crippen molar-refractivity contribution in [1.82, 2.24) is 4.90 Å². The molecule has 1 heterocycles. The van der Waals surface area contributed by atoms with E-state index in [0.29, 0.717) is 23.6 Å². The maximum absolute atomic E-state index is 10.9. The number of ether oxygens (including phenoxy) is 1. The summed E-state index contributed by atoms with van der Waals surface area (Å²) in [5.41, 5.74) is 0.423. The standard InChI is InChI=1S/C18H22N4O2/c1-5-6-15(21-11-20)22(4)16-13-9-12(10-19)7-8-14(13)24-18(2,3)17(16)23/h7-9,16-17,23H,5-6H2,1-4H3/t16-,17+/m1/s1. The van der Waals surface area contributed by atoms with Gasteiger partial charge in [-0.05, 0) is 38.5 Å². The molecule has 1 aromatic carbocycles. The molecule has 0 radical (unpaired) electrons. The lowest BCUT2D eigenvalue weighted by molar-refractivity contribution is -0.0787. The number of nitrogens with zero attached hydrogens (tertiary/aromatic N) is 4. The molecular weight excluding hydrogens is 304 g/mol. The first-order chi connectivity index (χ1) is 11.4. The second-order valence-corrected chi connectivity index (χ2v) is 6.45. The van der Waals surface area contributed by atoms with E-state index in [-0.39, 0.29) is 0 Å². The van der Waals surface area contributed by atoms with Crippen LogP contribution in [0.2, 0.25) is 0 Å². The van der Waals surface area contributed by atoms with Crippen LogP contribution in [0.1, 0.15) is 50.8 Å². The summed E-state index contributed by atoms with van der Waals surface area (Å²) in [6.45, 7) is 5.65. The van der Waals surface area contributed by atoms with Crippen molar-refractivity contribution in [3.05, 3.63) is 29.3 Å². The van der Waals surface area contributed by atoms with Crippen molar-refractivity contribution in [2.24, 2.45) is 4.99 Å². The van der Waals surface area contributed by atoms with Crippen LogP contribution >= 0.6 is 0 Å². The molecule has 0 saturated carbocycles. The van der Waals surface area contributed by atoms with Crippen molar-refractivity contribution >= 4 is 5.84 Å². The molecule has 0 aromatic heterocycles. The third-order valence-electron chi connectivity index (χ3n) is 4.32. The molecule has 0 unspecified atom stereocenters. The molecule has 2 rings (SSSR count). The number of aliphatic hydroxyl groups excluding tert-OH is 1. The van der Waals surface area contributed by atoms with Gasteiger partial charge >= 0.3 is 0 Å². The van der Waals surface area contributed by atoms with Gasteiger partial charge in [0.05, 0.1) is 17.7 Å². The fourth-order valence-electron chi connectivity index (χ4n) is 3.01. The number of aliphatic imine (C=N–C) groups is 1. The highest BCUT2D eigenvalue weighted by Gasteiger charge is 2.45. The van der Waals surface area contributed by atoms with Gasteiger partial charge in [-0.1, -0.05) is 6.92 Å². The van der Waals surface area contributed by atoms with Crippen molar-refractivity contribution < 1.29 is 9.84 Å². The van der Waals surface area contributed by atoms with Crippen LogP contribution in [0.5, 0.6) is 5.75 Å². The molecule has 0 aliphatic carbocycles. The molecule has 1 aliphatic heterocycles. The normalized spacial score (nSPS) is 21.9. The van der Waals surface area contributed by atoms with Gasteiger partial charge in [0.1, 0.15) is 23.3 Å². The number of fused-ring (bicyclic) bond motifs is 1. The van der Waals surface area contributed by atoms with Crippen molar-refractivity contribution in [2.45, 2.75) is 51.4 Å². The summed E-state index contributed by atoms with van der Waals surface area (Å²) < 4.78 is 5.92. The average Bonchev–Trinajstić information content (AvgIpc) is 2.55. The molecule has 0 fully saturated rings. The summed E-state index contributed by atoms with van der Waals surface area (Å²) in [5.74, 6) is 1.24. The maximum Gasteiger partial charge on any atom is 0.207 e. The van der Waals surface area contributed by atoms with Gasteiger partial charge in [0.2, 0.25) is 6.19 Å². The molecule has 0 saturated heterocycles. The number of benzene rings is 1. The van der Waals surface area contributed by atoms with Crippen LogP contribution in [0.25, 0.3) is 0 Å². The number of nitriles is 2. The number of hydrogen-bond acceptors (Lipinski definition) is 5. The second-order valence-electron chi connectivity index (χ2n) is 6.45. The monoisotopic (exact) mass is 326 g/mol. The zero-order valence-electron chi connectivity index (χ0n) is 14.4. The summed E-state index contributed by atoms with van der Waals surface area (Å²) in [5, 5.41) is 29.0. The zero-order chi connectivity index (χ0) is 17.9. The summed E-state index contributed by atoms with van der Waals surface area (Å²) in [7, 11) is 1.81. The Labute approximate surface area is 142 Å². The number of amidine groups is 1. The summed E-state index contributed by atoms with van der Waals surface area (Å²) >= 11 is 0. The lowest BCUT2D eigenvalue weighted by atomic mass is 9.85. The molecule has 1 N–H and O–H groups in total. The minimum absolute atomic E-state index is 0.448. The number of aliphatic hydroxyl groups is 1. The van der Waals surface area contributed by atoms with Gasteiger partial charge in [-0.15, -0.1) is 0 Å². The Kier molecular flexibility index (Phi) is 5.11. The predicted molar refractivity (Wildman–Crippen MR) is 90.3 cm³/mol. The Balaban J connectivity index is 2.57. The third kappa shape index (κ3) is 3.20. The Hall–Kier alpha value is -2.57. The van der Waals surface area contributed by atoms with Crippen LogP contribution in [-0.4, -0.2) is 34.6 Å². The Morgan fingerprint density at radius 3 is 2.71 bits per heavy atom. The van der Waals surface area contributed by atoms with E-state index in [4.69, 9.17) is 10.00 Å². The summed E-state index contributed by atoms with van der Waals surface area (Å²) in [6.07, 6.45) is 2.45. The third-order valence-corrected chi connectivity index (χ3v) is 4.32. The minimum Gasteiger partial charge on any atom is -0.485 e. The van der Waals surface area contributed by atoms with Crippen molar-refractivity contribution in [1.29, 1.82) is 10.5 Å². The van der Waals surface area contributed by atoms with Gasteiger partial charge in [0.15, 0.2) is 0 Å². The smallest absolute Gasteiger partial charge is 0.207 e. The molecule has 6 nitrogen and oxygen atoms in total. The minimum atomic E-state index is -0.843. The quantitative estimate of drug-likeness (QED) is 0.524. The Bertz CT molecular complexity index is 728. The van der Waals surface area contributed by atoms with Crippen LogP contribution in [0, 0.1) is 22.8 Å². The topological polar surface area (TPSA) is 92.6 Å². The highest BCUT2D eigenvalue weighted by atomic mass is 16.5. The number of hydrogen-bond donors (Lipinski definition) is 1. The van der Waals surface area contributed by atoms with E-state index < -0.39 is 17.7 Å². The fraction of sp³-hybridized carbons (Fsp3) is 0.500. The highest BCUT2D eigenvalue weighted by Crippen LogP contribution is 2.43. The van der Waals surface area contributed by atoms with E-state index in [2.05, 4.69) is 11.1 Å².